The fourth-order valence-corrected chi connectivity index (χ4v) is 1.40. The first-order valence-electron chi connectivity index (χ1n) is 5.16. The molecule has 0 amide bonds. The second-order valence-electron chi connectivity index (χ2n) is 3.64. The largest absolute Gasteiger partial charge is 0.434 e. The van der Waals surface area contributed by atoms with Gasteiger partial charge in [-0.15, -0.1) is 12.4 Å². The highest BCUT2D eigenvalue weighted by atomic mass is 35.5. The molecule has 2 aromatic heterocycles. The van der Waals surface area contributed by atoms with Gasteiger partial charge in [0.15, 0.2) is 11.5 Å². The molecule has 0 aliphatic heterocycles. The lowest BCUT2D eigenvalue weighted by Crippen LogP contribution is -2.08. The van der Waals surface area contributed by atoms with Crippen LogP contribution in [0.25, 0.3) is 11.3 Å². The van der Waals surface area contributed by atoms with Gasteiger partial charge in [0.2, 0.25) is 0 Å². The summed E-state index contributed by atoms with van der Waals surface area (Å²) in [5.74, 6) is -0.703. The lowest BCUT2D eigenvalue weighted by Gasteiger charge is -2.07. The zero-order chi connectivity index (χ0) is 14.0. The summed E-state index contributed by atoms with van der Waals surface area (Å²) in [4.78, 5) is 10.5. The van der Waals surface area contributed by atoms with Crippen molar-refractivity contribution in [2.24, 2.45) is 5.73 Å². The fraction of sp³-hybridized carbons (Fsp3) is 0.182. The van der Waals surface area contributed by atoms with E-state index >= 15 is 0 Å². The van der Waals surface area contributed by atoms with Gasteiger partial charge in [0, 0.05) is 12.1 Å². The molecular formula is C11H9ClF4N4. The number of halogens is 5. The molecule has 0 aliphatic rings. The second kappa shape index (κ2) is 6.10. The van der Waals surface area contributed by atoms with Crippen molar-refractivity contribution in [3.63, 3.8) is 0 Å². The van der Waals surface area contributed by atoms with Crippen LogP contribution in [0.5, 0.6) is 0 Å². The predicted molar refractivity (Wildman–Crippen MR) is 65.4 cm³/mol. The molecule has 0 fully saturated rings. The normalized spacial score (nSPS) is 11.1. The van der Waals surface area contributed by atoms with E-state index in [-0.39, 0.29) is 30.2 Å². The van der Waals surface area contributed by atoms with E-state index < -0.39 is 17.7 Å². The summed E-state index contributed by atoms with van der Waals surface area (Å²) in [7, 11) is 0. The van der Waals surface area contributed by atoms with Crippen molar-refractivity contribution in [3.8, 4) is 11.3 Å². The van der Waals surface area contributed by atoms with E-state index in [1.165, 1.54) is 6.07 Å². The molecule has 0 spiro atoms. The van der Waals surface area contributed by atoms with Gasteiger partial charge in [-0.1, -0.05) is 0 Å². The van der Waals surface area contributed by atoms with Gasteiger partial charge in [-0.2, -0.15) is 13.2 Å². The summed E-state index contributed by atoms with van der Waals surface area (Å²) in [5, 5.41) is 0. The van der Waals surface area contributed by atoms with Crippen LogP contribution in [0.3, 0.4) is 0 Å². The molecular weight excluding hydrogens is 300 g/mol. The van der Waals surface area contributed by atoms with Gasteiger partial charge in [0.05, 0.1) is 30.0 Å². The first kappa shape index (κ1) is 16.3. The third-order valence-corrected chi connectivity index (χ3v) is 2.34. The standard InChI is InChI=1S/C11H8F4N4.ClH/c12-8-3-17-6(2-16)1-7(8)9-4-19-10(5-18-9)11(13,14)15;/h1,3-5H,2,16H2;1H. The Hall–Kier alpha value is -1.80. The fourth-order valence-electron chi connectivity index (χ4n) is 1.40. The summed E-state index contributed by atoms with van der Waals surface area (Å²) in [6.07, 6.45) is -2.22. The first-order valence-corrected chi connectivity index (χ1v) is 5.16. The molecule has 4 nitrogen and oxygen atoms in total. The molecule has 9 heteroatoms. The number of nitrogens with two attached hydrogens (primary N) is 1. The monoisotopic (exact) mass is 308 g/mol. The Morgan fingerprint density at radius 3 is 2.25 bits per heavy atom. The SMILES string of the molecule is Cl.NCc1cc(-c2cnc(C(F)(F)F)cn2)c(F)cn1. The molecule has 0 aliphatic carbocycles. The zero-order valence-electron chi connectivity index (χ0n) is 9.86. The average Bonchev–Trinajstić information content (AvgIpc) is 2.38. The molecule has 0 unspecified atom stereocenters. The Kier molecular flexibility index (Phi) is 4.96. The number of hydrogen-bond acceptors (Lipinski definition) is 4. The molecule has 2 aromatic rings. The minimum absolute atomic E-state index is 0. The molecule has 2 N–H and O–H groups in total. The first-order chi connectivity index (χ1) is 8.91. The smallest absolute Gasteiger partial charge is 0.325 e. The molecule has 0 atom stereocenters. The van der Waals surface area contributed by atoms with Gasteiger partial charge < -0.3 is 5.73 Å². The molecule has 108 valence electrons. The number of hydrogen-bond donors (Lipinski definition) is 1. The number of nitrogens with zero attached hydrogens (tertiary/aromatic N) is 3. The van der Waals surface area contributed by atoms with Gasteiger partial charge >= 0.3 is 6.18 Å². The molecule has 2 heterocycles. The van der Waals surface area contributed by atoms with Crippen LogP contribution < -0.4 is 5.73 Å². The van der Waals surface area contributed by atoms with E-state index in [9.17, 15) is 17.6 Å². The van der Waals surface area contributed by atoms with Crippen molar-refractivity contribution in [2.75, 3.05) is 0 Å². The molecule has 0 saturated heterocycles. The van der Waals surface area contributed by atoms with E-state index in [0.29, 0.717) is 11.9 Å². The lowest BCUT2D eigenvalue weighted by molar-refractivity contribution is -0.141. The topological polar surface area (TPSA) is 64.7 Å². The number of rotatable bonds is 2. The Balaban J connectivity index is 0.00000200. The van der Waals surface area contributed by atoms with E-state index in [1.54, 1.807) is 0 Å². The van der Waals surface area contributed by atoms with Crippen LogP contribution in [-0.2, 0) is 12.7 Å². The minimum Gasteiger partial charge on any atom is -0.325 e. The summed E-state index contributed by atoms with van der Waals surface area (Å²) >= 11 is 0. The number of alkyl halides is 3. The van der Waals surface area contributed by atoms with Crippen LogP contribution in [0, 0.1) is 5.82 Å². The van der Waals surface area contributed by atoms with Crippen molar-refractivity contribution in [3.05, 3.63) is 41.9 Å². The van der Waals surface area contributed by atoms with E-state index in [2.05, 4.69) is 15.0 Å². The van der Waals surface area contributed by atoms with Gasteiger partial charge in [0.1, 0.15) is 0 Å². The van der Waals surface area contributed by atoms with Gasteiger partial charge in [0.25, 0.3) is 0 Å². The van der Waals surface area contributed by atoms with Crippen LogP contribution in [0.1, 0.15) is 11.4 Å². The number of pyridine rings is 1. The highest BCUT2D eigenvalue weighted by molar-refractivity contribution is 5.85. The van der Waals surface area contributed by atoms with Crippen LogP contribution >= 0.6 is 12.4 Å². The van der Waals surface area contributed by atoms with Crippen molar-refractivity contribution < 1.29 is 17.6 Å². The summed E-state index contributed by atoms with van der Waals surface area (Å²) in [5.41, 5.74) is 4.62. The van der Waals surface area contributed by atoms with E-state index in [0.717, 1.165) is 12.4 Å². The van der Waals surface area contributed by atoms with Crippen LogP contribution in [-0.4, -0.2) is 15.0 Å². The highest BCUT2D eigenvalue weighted by Gasteiger charge is 2.32. The Labute approximate surface area is 117 Å². The highest BCUT2D eigenvalue weighted by Crippen LogP contribution is 2.28. The van der Waals surface area contributed by atoms with Crippen molar-refractivity contribution in [2.45, 2.75) is 12.7 Å². The maximum absolute atomic E-state index is 13.5. The third kappa shape index (κ3) is 3.40. The Bertz CT molecular complexity index is 586. The molecule has 0 saturated carbocycles. The summed E-state index contributed by atoms with van der Waals surface area (Å²) in [6, 6.07) is 1.33. The second-order valence-corrected chi connectivity index (χ2v) is 3.64. The number of aromatic nitrogens is 3. The molecule has 2 rings (SSSR count). The van der Waals surface area contributed by atoms with Crippen LogP contribution in [0.4, 0.5) is 17.6 Å². The van der Waals surface area contributed by atoms with Crippen molar-refractivity contribution >= 4 is 12.4 Å². The van der Waals surface area contributed by atoms with Crippen molar-refractivity contribution in [1.82, 2.24) is 15.0 Å². The molecule has 0 aromatic carbocycles. The van der Waals surface area contributed by atoms with Gasteiger partial charge in [-0.3, -0.25) is 9.97 Å². The van der Waals surface area contributed by atoms with Gasteiger partial charge in [-0.25, -0.2) is 9.37 Å². The van der Waals surface area contributed by atoms with Crippen LogP contribution in [0.2, 0.25) is 0 Å². The molecule has 0 bridgehead atoms. The quantitative estimate of drug-likeness (QED) is 0.866. The van der Waals surface area contributed by atoms with E-state index in [1.807, 2.05) is 0 Å². The molecule has 20 heavy (non-hydrogen) atoms. The Morgan fingerprint density at radius 1 is 1.05 bits per heavy atom. The Morgan fingerprint density at radius 2 is 1.75 bits per heavy atom. The van der Waals surface area contributed by atoms with E-state index in [4.69, 9.17) is 5.73 Å². The average molecular weight is 309 g/mol. The van der Waals surface area contributed by atoms with Crippen molar-refractivity contribution in [1.29, 1.82) is 0 Å². The maximum Gasteiger partial charge on any atom is 0.434 e. The minimum atomic E-state index is -4.58. The predicted octanol–water partition coefficient (Wildman–Crippen LogP) is 2.58. The molecule has 0 radical (unpaired) electrons. The summed E-state index contributed by atoms with van der Waals surface area (Å²) in [6.45, 7) is 0.0847. The van der Waals surface area contributed by atoms with Crippen LogP contribution in [0.15, 0.2) is 24.7 Å². The van der Waals surface area contributed by atoms with Gasteiger partial charge in [-0.05, 0) is 6.07 Å². The summed E-state index contributed by atoms with van der Waals surface area (Å²) < 4.78 is 50.5. The zero-order valence-corrected chi connectivity index (χ0v) is 10.7. The third-order valence-electron chi connectivity index (χ3n) is 2.34. The maximum atomic E-state index is 13.5. The lowest BCUT2D eigenvalue weighted by atomic mass is 10.1.